The largest absolute Gasteiger partial charge is 0.512 e. The van der Waals surface area contributed by atoms with Crippen LogP contribution in [0.2, 0.25) is 0 Å². The molecular formula is C35H41F3N4O4S2. The topological polar surface area (TPSA) is 99.1 Å². The van der Waals surface area contributed by atoms with Gasteiger partial charge in [-0.15, -0.1) is 4.13 Å². The molecule has 0 saturated heterocycles. The van der Waals surface area contributed by atoms with Gasteiger partial charge in [-0.25, -0.2) is 16.8 Å². The van der Waals surface area contributed by atoms with E-state index in [9.17, 15) is 30.0 Å². The molecule has 4 rings (SSSR count). The van der Waals surface area contributed by atoms with Crippen LogP contribution in [0.3, 0.4) is 0 Å². The van der Waals surface area contributed by atoms with Gasteiger partial charge in [0.05, 0.1) is 11.5 Å². The molecule has 0 aliphatic heterocycles. The van der Waals surface area contributed by atoms with E-state index in [1.165, 1.54) is 0 Å². The lowest BCUT2D eigenvalue weighted by Crippen LogP contribution is -2.41. The van der Waals surface area contributed by atoms with Crippen molar-refractivity contribution in [1.29, 1.82) is 0 Å². The van der Waals surface area contributed by atoms with Gasteiger partial charge >= 0.3 is 15.5 Å². The van der Waals surface area contributed by atoms with Gasteiger partial charge in [-0.3, -0.25) is 4.99 Å². The molecule has 0 atom stereocenters. The lowest BCUT2D eigenvalue weighted by molar-refractivity contribution is -0.0441. The molecule has 3 aromatic rings. The minimum absolute atomic E-state index is 0.0491. The first kappa shape index (κ1) is 36.9. The summed E-state index contributed by atoms with van der Waals surface area (Å²) in [6, 6.07) is 24.7. The number of rotatable bonds is 14. The minimum atomic E-state index is -6.03. The second-order valence-electron chi connectivity index (χ2n) is 11.1. The number of sulfonamides is 2. The monoisotopic (exact) mass is 702 g/mol. The highest BCUT2D eigenvalue weighted by molar-refractivity contribution is 8.05. The molecule has 1 aliphatic rings. The summed E-state index contributed by atoms with van der Waals surface area (Å²) in [5.74, 6) is -0.841. The first-order valence-corrected chi connectivity index (χ1v) is 19.0. The summed E-state index contributed by atoms with van der Waals surface area (Å²) in [6.07, 6.45) is 3.63. The number of anilines is 2. The molecular weight excluding hydrogens is 662 g/mol. The maximum Gasteiger partial charge on any atom is 0.512 e. The van der Waals surface area contributed by atoms with Gasteiger partial charge in [0.2, 0.25) is 10.0 Å². The molecule has 0 saturated carbocycles. The van der Waals surface area contributed by atoms with Crippen molar-refractivity contribution in [1.82, 2.24) is 4.13 Å². The van der Waals surface area contributed by atoms with E-state index in [2.05, 4.69) is 91.0 Å². The van der Waals surface area contributed by atoms with E-state index in [4.69, 9.17) is 0 Å². The Morgan fingerprint density at radius 2 is 1.19 bits per heavy atom. The van der Waals surface area contributed by atoms with Crippen molar-refractivity contribution in [2.75, 3.05) is 48.3 Å². The summed E-state index contributed by atoms with van der Waals surface area (Å²) in [5.41, 5.74) is 2.90. The van der Waals surface area contributed by atoms with Crippen LogP contribution in [-0.2, 0) is 20.0 Å². The number of halogens is 3. The molecule has 0 unspecified atom stereocenters. The molecule has 0 heterocycles. The van der Waals surface area contributed by atoms with Gasteiger partial charge in [-0.05, 0) is 92.3 Å². The molecule has 8 nitrogen and oxygen atoms in total. The van der Waals surface area contributed by atoms with Crippen LogP contribution in [0.1, 0.15) is 56.4 Å². The van der Waals surface area contributed by atoms with E-state index in [0.29, 0.717) is 5.71 Å². The molecule has 0 radical (unpaired) electrons. The summed E-state index contributed by atoms with van der Waals surface area (Å²) in [4.78, 5) is 9.11. The molecule has 0 spiro atoms. The summed E-state index contributed by atoms with van der Waals surface area (Å²) in [6.45, 7) is 12.0. The van der Waals surface area contributed by atoms with Gasteiger partial charge in [0, 0.05) is 49.7 Å². The molecule has 3 aromatic carbocycles. The van der Waals surface area contributed by atoms with Gasteiger partial charge in [0.15, 0.2) is 0 Å². The second-order valence-corrected chi connectivity index (χ2v) is 14.9. The Morgan fingerprint density at radius 1 is 0.708 bits per heavy atom. The fraction of sp³-hybridized carbons (Fsp3) is 0.343. The predicted molar refractivity (Wildman–Crippen MR) is 189 cm³/mol. The third-order valence-corrected chi connectivity index (χ3v) is 11.5. The zero-order chi connectivity index (χ0) is 35.1. The van der Waals surface area contributed by atoms with Gasteiger partial charge in [0.1, 0.15) is 0 Å². The van der Waals surface area contributed by atoms with Crippen molar-refractivity contribution in [2.24, 2.45) is 4.99 Å². The fourth-order valence-electron chi connectivity index (χ4n) is 5.68. The van der Waals surface area contributed by atoms with Crippen LogP contribution in [-0.4, -0.2) is 66.5 Å². The number of nitrogens with one attached hydrogen (secondary N) is 1. The van der Waals surface area contributed by atoms with Crippen LogP contribution in [0.5, 0.6) is 0 Å². The number of aliphatic imine (C=N–C) groups is 1. The van der Waals surface area contributed by atoms with Crippen LogP contribution >= 0.6 is 0 Å². The van der Waals surface area contributed by atoms with Crippen molar-refractivity contribution < 1.29 is 30.0 Å². The molecule has 1 aliphatic carbocycles. The Hall–Kier alpha value is -3.94. The van der Waals surface area contributed by atoms with E-state index in [1.807, 2.05) is 36.4 Å². The Balaban J connectivity index is 1.72. The van der Waals surface area contributed by atoms with Crippen LogP contribution < -0.4 is 13.9 Å². The maximum absolute atomic E-state index is 12.6. The fourth-order valence-corrected chi connectivity index (χ4v) is 8.24. The second kappa shape index (κ2) is 15.5. The smallest absolute Gasteiger partial charge is 0.372 e. The van der Waals surface area contributed by atoms with Gasteiger partial charge < -0.3 is 9.80 Å². The summed E-state index contributed by atoms with van der Waals surface area (Å²) in [7, 11) is -10.8. The third-order valence-electron chi connectivity index (χ3n) is 8.13. The number of allylic oxidation sites excluding steroid dienone is 3. The van der Waals surface area contributed by atoms with Crippen LogP contribution in [0.15, 0.2) is 89.9 Å². The van der Waals surface area contributed by atoms with Crippen molar-refractivity contribution in [3.8, 4) is 0 Å². The van der Waals surface area contributed by atoms with Gasteiger partial charge in [0.25, 0.3) is 0 Å². The first-order chi connectivity index (χ1) is 22.7. The molecule has 1 N–H and O–H groups in total. The average Bonchev–Trinajstić information content (AvgIpc) is 3.05. The summed E-state index contributed by atoms with van der Waals surface area (Å²) in [5, 5.41) is 0. The number of hydrogen-bond donors (Lipinski definition) is 1. The minimum Gasteiger partial charge on any atom is -0.372 e. The van der Waals surface area contributed by atoms with Crippen LogP contribution in [0.25, 0.3) is 11.1 Å². The number of alkyl halides is 3. The van der Waals surface area contributed by atoms with Crippen molar-refractivity contribution in [2.45, 2.75) is 39.6 Å². The molecule has 0 aromatic heterocycles. The highest BCUT2D eigenvalue weighted by atomic mass is 32.3. The summed E-state index contributed by atoms with van der Waals surface area (Å²) >= 11 is 0. The maximum atomic E-state index is 12.6. The number of nitrogens with zero attached hydrogens (tertiary/aromatic N) is 3. The predicted octanol–water partition coefficient (Wildman–Crippen LogP) is 6.86. The Morgan fingerprint density at radius 3 is 1.65 bits per heavy atom. The SMILES string of the molecule is CCN(CC)c1ccc(C(=C2C=CC(=NCCCS(=O)(=O)NS(=O)(=O)C(F)(F)F)c3ccccc32)c2ccc(N(CC)CC)cc2)cc1. The molecule has 0 fully saturated rings. The van der Waals surface area contributed by atoms with Crippen molar-refractivity contribution in [3.05, 3.63) is 107 Å². The van der Waals surface area contributed by atoms with E-state index < -0.39 is 31.3 Å². The van der Waals surface area contributed by atoms with E-state index in [-0.39, 0.29) is 13.0 Å². The third kappa shape index (κ3) is 8.55. The average molecular weight is 703 g/mol. The quantitative estimate of drug-likeness (QED) is 0.185. The Bertz CT molecular complexity index is 1820. The molecule has 0 amide bonds. The van der Waals surface area contributed by atoms with Gasteiger partial charge in [-0.2, -0.15) is 13.2 Å². The first-order valence-electron chi connectivity index (χ1n) is 15.8. The lowest BCUT2D eigenvalue weighted by atomic mass is 9.83. The van der Waals surface area contributed by atoms with Crippen molar-refractivity contribution >= 4 is 48.3 Å². The number of benzene rings is 3. The van der Waals surface area contributed by atoms with Crippen LogP contribution in [0.4, 0.5) is 24.5 Å². The summed E-state index contributed by atoms with van der Waals surface area (Å²) < 4.78 is 85.3. The Kier molecular flexibility index (Phi) is 11.9. The molecule has 13 heteroatoms. The van der Waals surface area contributed by atoms with Gasteiger partial charge in [-0.1, -0.05) is 54.6 Å². The van der Waals surface area contributed by atoms with Crippen LogP contribution in [0, 0.1) is 0 Å². The standard InChI is InChI=1S/C35H41F3N4O4S2/c1-5-41(6-2)28-18-14-26(15-19-28)34(27-16-20-29(21-17-27)42(7-3)8-4)32-22-23-33(31-13-10-9-12-30(31)32)39-24-11-25-47(43,44)40-48(45,46)35(36,37)38/h9-10,12-23,40H,5-8,11,24-25H2,1-4H3. The van der Waals surface area contributed by atoms with E-state index >= 15 is 0 Å². The molecule has 0 bridgehead atoms. The lowest BCUT2D eigenvalue weighted by Gasteiger charge is -2.24. The molecule has 48 heavy (non-hydrogen) atoms. The number of fused-ring (bicyclic) bond motifs is 1. The molecule has 258 valence electrons. The normalized spacial score (nSPS) is 14.2. The van der Waals surface area contributed by atoms with E-state index in [1.54, 1.807) is 0 Å². The number of hydrogen-bond acceptors (Lipinski definition) is 7. The zero-order valence-electron chi connectivity index (χ0n) is 27.5. The highest BCUT2D eigenvalue weighted by Gasteiger charge is 2.48. The highest BCUT2D eigenvalue weighted by Crippen LogP contribution is 2.38. The Labute approximate surface area is 281 Å². The van der Waals surface area contributed by atoms with E-state index in [0.717, 1.165) is 75.1 Å². The zero-order valence-corrected chi connectivity index (χ0v) is 29.1. The van der Waals surface area contributed by atoms with Crippen molar-refractivity contribution in [3.63, 3.8) is 0 Å².